The van der Waals surface area contributed by atoms with Crippen LogP contribution in [0.1, 0.15) is 12.5 Å². The van der Waals surface area contributed by atoms with E-state index in [4.69, 9.17) is 10.8 Å². The summed E-state index contributed by atoms with van der Waals surface area (Å²) >= 11 is 2.23. The second-order valence-electron chi connectivity index (χ2n) is 3.08. The van der Waals surface area contributed by atoms with Gasteiger partial charge in [-0.15, -0.1) is 0 Å². The monoisotopic (exact) mass is 277 g/mol. The summed E-state index contributed by atoms with van der Waals surface area (Å²) in [5.41, 5.74) is 6.18. The van der Waals surface area contributed by atoms with Gasteiger partial charge in [0.05, 0.1) is 12.1 Å². The molecule has 0 aliphatic carbocycles. The van der Waals surface area contributed by atoms with Crippen LogP contribution in [0.5, 0.6) is 0 Å². The van der Waals surface area contributed by atoms with Crippen molar-refractivity contribution in [2.24, 2.45) is 5.73 Å². The Bertz CT molecular complexity index is 256. The Morgan fingerprint density at radius 1 is 1.42 bits per heavy atom. The van der Waals surface area contributed by atoms with Gasteiger partial charge in [-0.25, -0.2) is 0 Å². The zero-order valence-electron chi connectivity index (χ0n) is 6.92. The summed E-state index contributed by atoms with van der Waals surface area (Å²) in [6.07, 6.45) is 0. The zero-order chi connectivity index (χ0) is 9.19. The molecule has 0 fully saturated rings. The number of benzene rings is 1. The molecule has 0 aliphatic heterocycles. The fourth-order valence-corrected chi connectivity index (χ4v) is 1.28. The van der Waals surface area contributed by atoms with E-state index in [9.17, 15) is 0 Å². The van der Waals surface area contributed by atoms with Crippen LogP contribution in [0, 0.1) is 3.57 Å². The maximum absolute atomic E-state index is 8.99. The molecule has 66 valence electrons. The Hall–Kier alpha value is -0.130. The Morgan fingerprint density at radius 2 is 1.92 bits per heavy atom. The van der Waals surface area contributed by atoms with Gasteiger partial charge in [0.25, 0.3) is 0 Å². The van der Waals surface area contributed by atoms with Crippen LogP contribution < -0.4 is 5.73 Å². The Labute approximate surface area is 85.9 Å². The molecule has 1 atom stereocenters. The van der Waals surface area contributed by atoms with Gasteiger partial charge >= 0.3 is 0 Å². The van der Waals surface area contributed by atoms with Gasteiger partial charge in [-0.05, 0) is 47.2 Å². The summed E-state index contributed by atoms with van der Waals surface area (Å²) in [4.78, 5) is 0. The largest absolute Gasteiger partial charge is 0.394 e. The molecule has 0 aliphatic rings. The lowest BCUT2D eigenvalue weighted by atomic mass is 9.95. The average molecular weight is 277 g/mol. The van der Waals surface area contributed by atoms with Gasteiger partial charge in [-0.2, -0.15) is 0 Å². The summed E-state index contributed by atoms with van der Waals surface area (Å²) in [6, 6.07) is 7.85. The van der Waals surface area contributed by atoms with Crippen molar-refractivity contribution in [2.75, 3.05) is 6.61 Å². The number of aliphatic hydroxyl groups excluding tert-OH is 1. The quantitative estimate of drug-likeness (QED) is 0.804. The molecule has 3 heteroatoms. The first-order valence-corrected chi connectivity index (χ1v) is 4.80. The second kappa shape index (κ2) is 3.72. The summed E-state index contributed by atoms with van der Waals surface area (Å²) in [5.74, 6) is 0. The third-order valence-electron chi connectivity index (χ3n) is 1.83. The van der Waals surface area contributed by atoms with Gasteiger partial charge in [-0.1, -0.05) is 12.1 Å². The molecular weight excluding hydrogens is 265 g/mol. The molecule has 12 heavy (non-hydrogen) atoms. The van der Waals surface area contributed by atoms with E-state index in [1.807, 2.05) is 31.2 Å². The number of rotatable bonds is 2. The van der Waals surface area contributed by atoms with Crippen molar-refractivity contribution in [3.05, 3.63) is 33.4 Å². The molecule has 0 radical (unpaired) electrons. The predicted octanol–water partition coefficient (Wildman–Crippen LogP) is 1.46. The molecule has 1 rings (SSSR count). The molecule has 0 bridgehead atoms. The third kappa shape index (κ3) is 2.18. The fraction of sp³-hybridized carbons (Fsp3) is 0.333. The maximum atomic E-state index is 8.99. The molecule has 0 aromatic heterocycles. The first-order valence-electron chi connectivity index (χ1n) is 3.72. The fourth-order valence-electron chi connectivity index (χ4n) is 0.922. The summed E-state index contributed by atoms with van der Waals surface area (Å²) in [5, 5.41) is 8.99. The average Bonchev–Trinajstić information content (AvgIpc) is 2.05. The van der Waals surface area contributed by atoms with Crippen LogP contribution in [0.25, 0.3) is 0 Å². The van der Waals surface area contributed by atoms with E-state index in [0.29, 0.717) is 0 Å². The SMILES string of the molecule is C[C@@](N)(CO)c1ccc(I)cc1. The Balaban J connectivity index is 2.96. The number of nitrogens with two attached hydrogens (primary N) is 1. The van der Waals surface area contributed by atoms with Crippen LogP contribution in [-0.2, 0) is 5.54 Å². The molecular formula is C9H12INO. The molecule has 1 aromatic rings. The van der Waals surface area contributed by atoms with Gasteiger partial charge in [0.2, 0.25) is 0 Å². The molecule has 0 saturated heterocycles. The van der Waals surface area contributed by atoms with E-state index in [2.05, 4.69) is 22.6 Å². The van der Waals surface area contributed by atoms with E-state index in [0.717, 1.165) is 5.56 Å². The predicted molar refractivity (Wildman–Crippen MR) is 57.8 cm³/mol. The molecule has 1 aromatic carbocycles. The highest BCUT2D eigenvalue weighted by Crippen LogP contribution is 2.17. The minimum atomic E-state index is -0.621. The third-order valence-corrected chi connectivity index (χ3v) is 2.55. The normalized spacial score (nSPS) is 15.7. The maximum Gasteiger partial charge on any atom is 0.0650 e. The first-order chi connectivity index (χ1) is 5.56. The van der Waals surface area contributed by atoms with Gasteiger partial charge in [0.15, 0.2) is 0 Å². The molecule has 0 unspecified atom stereocenters. The lowest BCUT2D eigenvalue weighted by Crippen LogP contribution is -2.36. The minimum Gasteiger partial charge on any atom is -0.394 e. The van der Waals surface area contributed by atoms with Gasteiger partial charge < -0.3 is 10.8 Å². The van der Waals surface area contributed by atoms with Gasteiger partial charge in [0, 0.05) is 3.57 Å². The lowest BCUT2D eigenvalue weighted by Gasteiger charge is -2.21. The van der Waals surface area contributed by atoms with E-state index in [1.54, 1.807) is 0 Å². The highest BCUT2D eigenvalue weighted by Gasteiger charge is 2.18. The molecule has 0 saturated carbocycles. The van der Waals surface area contributed by atoms with Crippen LogP contribution in [0.2, 0.25) is 0 Å². The molecule has 0 amide bonds. The van der Waals surface area contributed by atoms with Crippen molar-refractivity contribution in [2.45, 2.75) is 12.5 Å². The highest BCUT2D eigenvalue weighted by molar-refractivity contribution is 14.1. The summed E-state index contributed by atoms with van der Waals surface area (Å²) in [7, 11) is 0. The van der Waals surface area contributed by atoms with Crippen LogP contribution >= 0.6 is 22.6 Å². The van der Waals surface area contributed by atoms with Crippen LogP contribution in [-0.4, -0.2) is 11.7 Å². The Morgan fingerprint density at radius 3 is 2.33 bits per heavy atom. The lowest BCUT2D eigenvalue weighted by molar-refractivity contribution is 0.210. The molecule has 0 heterocycles. The van der Waals surface area contributed by atoms with E-state index in [1.165, 1.54) is 3.57 Å². The molecule has 0 spiro atoms. The van der Waals surface area contributed by atoms with Crippen molar-refractivity contribution in [1.82, 2.24) is 0 Å². The zero-order valence-corrected chi connectivity index (χ0v) is 9.08. The number of hydrogen-bond donors (Lipinski definition) is 2. The Kier molecular flexibility index (Phi) is 3.09. The van der Waals surface area contributed by atoms with E-state index < -0.39 is 5.54 Å². The van der Waals surface area contributed by atoms with Gasteiger partial charge in [-0.3, -0.25) is 0 Å². The standard InChI is InChI=1S/C9H12INO/c1-9(11,6-12)7-2-4-8(10)5-3-7/h2-5,12H,6,11H2,1H3/t9-/m1/s1. The van der Waals surface area contributed by atoms with Crippen molar-refractivity contribution in [3.63, 3.8) is 0 Å². The van der Waals surface area contributed by atoms with Crippen molar-refractivity contribution in [1.29, 1.82) is 0 Å². The summed E-state index contributed by atoms with van der Waals surface area (Å²) in [6.45, 7) is 1.78. The van der Waals surface area contributed by atoms with Crippen molar-refractivity contribution in [3.8, 4) is 0 Å². The topological polar surface area (TPSA) is 46.2 Å². The van der Waals surface area contributed by atoms with Crippen molar-refractivity contribution >= 4 is 22.6 Å². The molecule has 3 N–H and O–H groups in total. The van der Waals surface area contributed by atoms with E-state index in [-0.39, 0.29) is 6.61 Å². The minimum absolute atomic E-state index is 0.0341. The van der Waals surface area contributed by atoms with Crippen LogP contribution in [0.3, 0.4) is 0 Å². The molecule has 2 nitrogen and oxygen atoms in total. The highest BCUT2D eigenvalue weighted by atomic mass is 127. The number of halogens is 1. The summed E-state index contributed by atoms with van der Waals surface area (Å²) < 4.78 is 1.17. The van der Waals surface area contributed by atoms with Crippen molar-refractivity contribution < 1.29 is 5.11 Å². The number of aliphatic hydroxyl groups is 1. The van der Waals surface area contributed by atoms with Gasteiger partial charge in [0.1, 0.15) is 0 Å². The smallest absolute Gasteiger partial charge is 0.0650 e. The van der Waals surface area contributed by atoms with Crippen LogP contribution in [0.4, 0.5) is 0 Å². The first kappa shape index (κ1) is 9.95. The second-order valence-corrected chi connectivity index (χ2v) is 4.33. The van der Waals surface area contributed by atoms with Crippen LogP contribution in [0.15, 0.2) is 24.3 Å². The van der Waals surface area contributed by atoms with E-state index >= 15 is 0 Å². The number of hydrogen-bond acceptors (Lipinski definition) is 2.